The van der Waals surface area contributed by atoms with Crippen LogP contribution in [0.2, 0.25) is 0 Å². The Hall–Kier alpha value is -2.31. The van der Waals surface area contributed by atoms with E-state index in [0.29, 0.717) is 11.9 Å². The fraction of sp³-hybridized carbons (Fsp3) is 0.250. The second-order valence-electron chi connectivity index (χ2n) is 4.00. The van der Waals surface area contributed by atoms with Gasteiger partial charge >= 0.3 is 0 Å². The number of nitrogens with zero attached hydrogens (tertiary/aromatic N) is 2. The van der Waals surface area contributed by atoms with Crippen molar-refractivity contribution < 1.29 is 18.1 Å². The second kappa shape index (κ2) is 5.13. The highest BCUT2D eigenvalue weighted by Crippen LogP contribution is 2.13. The van der Waals surface area contributed by atoms with E-state index in [2.05, 4.69) is 15.5 Å². The first-order valence-electron chi connectivity index (χ1n) is 5.53. The monoisotopic (exact) mass is 267 g/mol. The Balaban J connectivity index is 2.12. The lowest BCUT2D eigenvalue weighted by Crippen LogP contribution is -2.27. The van der Waals surface area contributed by atoms with Crippen molar-refractivity contribution in [1.82, 2.24) is 15.5 Å². The van der Waals surface area contributed by atoms with Gasteiger partial charge in [-0.05, 0) is 26.0 Å². The lowest BCUT2D eigenvalue weighted by atomic mass is 10.2. The Morgan fingerprint density at radius 2 is 2.16 bits per heavy atom. The van der Waals surface area contributed by atoms with Gasteiger partial charge in [0.2, 0.25) is 5.89 Å². The molecule has 1 aromatic carbocycles. The van der Waals surface area contributed by atoms with Gasteiger partial charge in [0.05, 0.1) is 5.56 Å². The van der Waals surface area contributed by atoms with Crippen LogP contribution in [0.5, 0.6) is 0 Å². The molecule has 0 radical (unpaired) electrons. The maximum atomic E-state index is 13.4. The van der Waals surface area contributed by atoms with Crippen molar-refractivity contribution in [3.05, 3.63) is 47.1 Å². The predicted molar refractivity (Wildman–Crippen MR) is 61.3 cm³/mol. The van der Waals surface area contributed by atoms with Crippen molar-refractivity contribution in [2.75, 3.05) is 0 Å². The molecule has 100 valence electrons. The minimum absolute atomic E-state index is 0.216. The number of hydrogen-bond acceptors (Lipinski definition) is 4. The summed E-state index contributed by atoms with van der Waals surface area (Å²) in [4.78, 5) is 15.8. The normalized spacial score (nSPS) is 12.2. The smallest absolute Gasteiger partial charge is 0.254 e. The van der Waals surface area contributed by atoms with E-state index < -0.39 is 23.6 Å². The third-order valence-corrected chi connectivity index (χ3v) is 2.44. The quantitative estimate of drug-likeness (QED) is 0.925. The first kappa shape index (κ1) is 13.1. The van der Waals surface area contributed by atoms with Crippen molar-refractivity contribution in [3.63, 3.8) is 0 Å². The SMILES string of the molecule is Cc1noc([C@H](C)NC(=O)c2ccc(F)cc2F)n1. The first-order valence-corrected chi connectivity index (χ1v) is 5.53. The molecule has 1 atom stereocenters. The Morgan fingerprint density at radius 3 is 2.74 bits per heavy atom. The molecule has 2 aromatic rings. The van der Waals surface area contributed by atoms with Crippen LogP contribution < -0.4 is 5.32 Å². The highest BCUT2D eigenvalue weighted by Gasteiger charge is 2.19. The summed E-state index contributed by atoms with van der Waals surface area (Å²) in [7, 11) is 0. The molecule has 1 heterocycles. The maximum Gasteiger partial charge on any atom is 0.254 e. The van der Waals surface area contributed by atoms with E-state index in [1.807, 2.05) is 0 Å². The van der Waals surface area contributed by atoms with Gasteiger partial charge in [0.1, 0.15) is 17.7 Å². The zero-order chi connectivity index (χ0) is 14.0. The molecular formula is C12H11F2N3O2. The summed E-state index contributed by atoms with van der Waals surface area (Å²) in [5, 5.41) is 6.07. The summed E-state index contributed by atoms with van der Waals surface area (Å²) in [6.07, 6.45) is 0. The molecule has 0 spiro atoms. The van der Waals surface area contributed by atoms with Crippen LogP contribution in [0.4, 0.5) is 8.78 Å². The van der Waals surface area contributed by atoms with E-state index in [0.717, 1.165) is 12.1 Å². The summed E-state index contributed by atoms with van der Waals surface area (Å²) in [6.45, 7) is 3.26. The molecular weight excluding hydrogens is 256 g/mol. The zero-order valence-electron chi connectivity index (χ0n) is 10.3. The fourth-order valence-electron chi connectivity index (χ4n) is 1.50. The van der Waals surface area contributed by atoms with Gasteiger partial charge in [-0.3, -0.25) is 4.79 Å². The Kier molecular flexibility index (Phi) is 3.55. The van der Waals surface area contributed by atoms with Crippen LogP contribution >= 0.6 is 0 Å². The van der Waals surface area contributed by atoms with Gasteiger partial charge in [-0.15, -0.1) is 0 Å². The number of benzene rings is 1. The molecule has 0 aliphatic carbocycles. The molecule has 0 aliphatic heterocycles. The predicted octanol–water partition coefficient (Wildman–Crippen LogP) is 2.15. The number of carbonyl (C=O) groups excluding carboxylic acids is 1. The highest BCUT2D eigenvalue weighted by atomic mass is 19.1. The van der Waals surface area contributed by atoms with Gasteiger partial charge in [0, 0.05) is 6.07 Å². The number of rotatable bonds is 3. The third-order valence-electron chi connectivity index (χ3n) is 2.44. The summed E-state index contributed by atoms with van der Waals surface area (Å²) in [5.74, 6) is -1.70. The van der Waals surface area contributed by atoms with Crippen LogP contribution in [0.15, 0.2) is 22.7 Å². The molecule has 19 heavy (non-hydrogen) atoms. The molecule has 7 heteroatoms. The standard InChI is InChI=1S/C12H11F2N3O2/c1-6(12-16-7(2)17-19-12)15-11(18)9-4-3-8(13)5-10(9)14/h3-6H,1-2H3,(H,15,18)/t6-/m0/s1. The maximum absolute atomic E-state index is 13.4. The number of halogens is 2. The molecule has 1 N–H and O–H groups in total. The molecule has 0 saturated heterocycles. The summed E-state index contributed by atoms with van der Waals surface area (Å²) >= 11 is 0. The van der Waals surface area contributed by atoms with E-state index in [1.165, 1.54) is 0 Å². The van der Waals surface area contributed by atoms with Crippen LogP contribution in [0, 0.1) is 18.6 Å². The van der Waals surface area contributed by atoms with Crippen molar-refractivity contribution >= 4 is 5.91 Å². The second-order valence-corrected chi connectivity index (χ2v) is 4.00. The van der Waals surface area contributed by atoms with Gasteiger partial charge in [-0.1, -0.05) is 5.16 Å². The lowest BCUT2D eigenvalue weighted by molar-refractivity contribution is 0.0928. The van der Waals surface area contributed by atoms with Crippen LogP contribution in [0.1, 0.15) is 35.0 Å². The molecule has 0 aliphatic rings. The molecule has 1 aromatic heterocycles. The molecule has 1 amide bonds. The van der Waals surface area contributed by atoms with Crippen molar-refractivity contribution in [2.45, 2.75) is 19.9 Å². The van der Waals surface area contributed by atoms with Gasteiger partial charge in [-0.2, -0.15) is 4.98 Å². The third kappa shape index (κ3) is 2.93. The van der Waals surface area contributed by atoms with Crippen molar-refractivity contribution in [2.24, 2.45) is 0 Å². The Bertz CT molecular complexity index is 613. The molecule has 0 bridgehead atoms. The van der Waals surface area contributed by atoms with Gasteiger partial charge in [-0.25, -0.2) is 8.78 Å². The number of aryl methyl sites for hydroxylation is 1. The van der Waals surface area contributed by atoms with E-state index in [1.54, 1.807) is 13.8 Å². The minimum atomic E-state index is -0.925. The number of hydrogen-bond donors (Lipinski definition) is 1. The zero-order valence-corrected chi connectivity index (χ0v) is 10.3. The summed E-state index contributed by atoms with van der Waals surface area (Å²) in [6, 6.07) is 2.17. The van der Waals surface area contributed by atoms with E-state index in [4.69, 9.17) is 4.52 Å². The summed E-state index contributed by atoms with van der Waals surface area (Å²) < 4.78 is 31.0. The highest BCUT2D eigenvalue weighted by molar-refractivity contribution is 5.94. The molecule has 0 saturated carbocycles. The average molecular weight is 267 g/mol. The summed E-state index contributed by atoms with van der Waals surface area (Å²) in [5.41, 5.74) is -0.246. The van der Waals surface area contributed by atoms with Crippen molar-refractivity contribution in [1.29, 1.82) is 0 Å². The number of aromatic nitrogens is 2. The lowest BCUT2D eigenvalue weighted by Gasteiger charge is -2.10. The van der Waals surface area contributed by atoms with E-state index in [-0.39, 0.29) is 11.5 Å². The van der Waals surface area contributed by atoms with Crippen LogP contribution in [-0.4, -0.2) is 16.0 Å². The van der Waals surface area contributed by atoms with Gasteiger partial charge in [0.25, 0.3) is 5.91 Å². The molecule has 0 fully saturated rings. The van der Waals surface area contributed by atoms with Gasteiger partial charge < -0.3 is 9.84 Å². The first-order chi connectivity index (χ1) is 8.97. The number of amides is 1. The molecule has 0 unspecified atom stereocenters. The van der Waals surface area contributed by atoms with Crippen LogP contribution in [-0.2, 0) is 0 Å². The Labute approximate surface area is 107 Å². The van der Waals surface area contributed by atoms with E-state index >= 15 is 0 Å². The topological polar surface area (TPSA) is 68.0 Å². The minimum Gasteiger partial charge on any atom is -0.340 e. The fourth-order valence-corrected chi connectivity index (χ4v) is 1.50. The molecule has 5 nitrogen and oxygen atoms in total. The largest absolute Gasteiger partial charge is 0.340 e. The van der Waals surface area contributed by atoms with E-state index in [9.17, 15) is 13.6 Å². The van der Waals surface area contributed by atoms with Crippen LogP contribution in [0.3, 0.4) is 0 Å². The number of carbonyl (C=O) groups is 1. The van der Waals surface area contributed by atoms with Gasteiger partial charge in [0.15, 0.2) is 5.82 Å². The number of nitrogens with one attached hydrogen (secondary N) is 1. The van der Waals surface area contributed by atoms with Crippen LogP contribution in [0.25, 0.3) is 0 Å². The Morgan fingerprint density at radius 1 is 1.42 bits per heavy atom. The average Bonchev–Trinajstić information content (AvgIpc) is 2.75. The van der Waals surface area contributed by atoms with Crippen molar-refractivity contribution in [3.8, 4) is 0 Å². The molecule has 2 rings (SSSR count).